The number of carbonyl (C=O) groups excluding carboxylic acids is 3. The van der Waals surface area contributed by atoms with E-state index in [4.69, 9.17) is 4.74 Å². The van der Waals surface area contributed by atoms with Crippen molar-refractivity contribution in [2.75, 3.05) is 38.9 Å². The average Bonchev–Trinajstić information content (AvgIpc) is 2.88. The van der Waals surface area contributed by atoms with Gasteiger partial charge in [0.05, 0.1) is 36.5 Å². The number of hydrogen-bond acceptors (Lipinski definition) is 7. The molecule has 0 saturated carbocycles. The molecule has 2 aliphatic rings. The molecule has 2 aromatic rings. The third-order valence-corrected chi connectivity index (χ3v) is 7.49. The fourth-order valence-electron chi connectivity index (χ4n) is 4.27. The number of ether oxygens (including phenoxy) is 1. The number of amides is 4. The van der Waals surface area contributed by atoms with Crippen LogP contribution in [-0.2, 0) is 9.59 Å². The number of thioether (sulfide) groups is 1. The van der Waals surface area contributed by atoms with Gasteiger partial charge >= 0.3 is 6.03 Å². The number of urea groups is 1. The summed E-state index contributed by atoms with van der Waals surface area (Å²) >= 11 is 1.37. The van der Waals surface area contributed by atoms with Crippen LogP contribution < -0.4 is 20.3 Å². The van der Waals surface area contributed by atoms with Crippen LogP contribution in [-0.4, -0.2) is 73.2 Å². The summed E-state index contributed by atoms with van der Waals surface area (Å²) in [6, 6.07) is 16.6. The van der Waals surface area contributed by atoms with E-state index in [2.05, 4.69) is 10.6 Å². The molecule has 4 unspecified atom stereocenters. The van der Waals surface area contributed by atoms with Crippen molar-refractivity contribution in [3.63, 3.8) is 0 Å². The number of para-hydroxylation sites is 1. The van der Waals surface area contributed by atoms with Crippen molar-refractivity contribution >= 4 is 35.3 Å². The van der Waals surface area contributed by atoms with Gasteiger partial charge in [0.1, 0.15) is 5.75 Å². The largest absolute Gasteiger partial charge is 0.497 e. The molecule has 0 spiro atoms. The van der Waals surface area contributed by atoms with E-state index in [0.717, 1.165) is 16.2 Å². The molecule has 34 heavy (non-hydrogen) atoms. The van der Waals surface area contributed by atoms with Gasteiger partial charge in [0.25, 0.3) is 0 Å². The Kier molecular flexibility index (Phi) is 7.11. The lowest BCUT2D eigenvalue weighted by molar-refractivity contribution is -0.140. The van der Waals surface area contributed by atoms with Crippen LogP contribution in [0.1, 0.15) is 11.7 Å². The number of hydrogen-bond donors (Lipinski definition) is 2. The van der Waals surface area contributed by atoms with Gasteiger partial charge in [0.2, 0.25) is 11.8 Å². The topological polar surface area (TPSA) is 94.2 Å². The molecule has 10 heteroatoms. The smallest absolute Gasteiger partial charge is 0.327 e. The molecule has 4 atom stereocenters. The molecule has 2 heterocycles. The number of anilines is 1. The SMILES string of the molecule is COc1cccc(C2NC(SCC(=O)N(C)c3ccccc3)C3C(=O)N(C)C(=O)N(C)C3N2)c1. The van der Waals surface area contributed by atoms with E-state index in [1.165, 1.54) is 18.8 Å². The van der Waals surface area contributed by atoms with E-state index in [1.807, 2.05) is 54.6 Å². The molecule has 0 aliphatic carbocycles. The number of fused-ring (bicyclic) bond motifs is 1. The predicted molar refractivity (Wildman–Crippen MR) is 131 cm³/mol. The summed E-state index contributed by atoms with van der Waals surface area (Å²) in [6.45, 7) is 0. The Labute approximate surface area is 203 Å². The lowest BCUT2D eigenvalue weighted by atomic mass is 9.96. The van der Waals surface area contributed by atoms with Crippen LogP contribution in [0.2, 0.25) is 0 Å². The highest BCUT2D eigenvalue weighted by atomic mass is 32.2. The molecule has 0 radical (unpaired) electrons. The third-order valence-electron chi connectivity index (χ3n) is 6.29. The van der Waals surface area contributed by atoms with Crippen molar-refractivity contribution in [2.24, 2.45) is 5.92 Å². The van der Waals surface area contributed by atoms with Gasteiger partial charge < -0.3 is 14.5 Å². The highest BCUT2D eigenvalue weighted by Gasteiger charge is 2.51. The number of benzene rings is 2. The molecule has 2 saturated heterocycles. The van der Waals surface area contributed by atoms with Crippen LogP contribution in [0, 0.1) is 5.92 Å². The standard InChI is InChI=1S/C24H29N5O4S/c1-27(16-10-6-5-7-11-16)18(30)14-34-22-19-21(28(2)24(32)29(3)23(19)31)25-20(26-22)15-9-8-12-17(13-15)33-4/h5-13,19-22,25-26H,14H2,1-4H3. The van der Waals surface area contributed by atoms with E-state index in [1.54, 1.807) is 31.0 Å². The summed E-state index contributed by atoms with van der Waals surface area (Å²) in [7, 11) is 6.51. The van der Waals surface area contributed by atoms with Gasteiger partial charge in [-0.3, -0.25) is 25.1 Å². The molecule has 0 bridgehead atoms. The molecule has 4 rings (SSSR count). The fraction of sp³-hybridized carbons (Fsp3) is 0.375. The second-order valence-electron chi connectivity index (χ2n) is 8.32. The number of methoxy groups -OCH3 is 1. The van der Waals surface area contributed by atoms with E-state index in [9.17, 15) is 14.4 Å². The van der Waals surface area contributed by atoms with Gasteiger partial charge in [-0.1, -0.05) is 30.3 Å². The zero-order chi connectivity index (χ0) is 24.4. The molecular weight excluding hydrogens is 454 g/mol. The number of rotatable bonds is 6. The van der Waals surface area contributed by atoms with Crippen molar-refractivity contribution in [1.82, 2.24) is 20.4 Å². The summed E-state index contributed by atoms with van der Waals surface area (Å²) in [6.07, 6.45) is -0.865. The minimum absolute atomic E-state index is 0.0768. The molecule has 0 aromatic heterocycles. The quantitative estimate of drug-likeness (QED) is 0.650. The molecule has 9 nitrogen and oxygen atoms in total. The van der Waals surface area contributed by atoms with Crippen LogP contribution >= 0.6 is 11.8 Å². The van der Waals surface area contributed by atoms with E-state index >= 15 is 0 Å². The summed E-state index contributed by atoms with van der Waals surface area (Å²) in [4.78, 5) is 43.0. The molecular formula is C24H29N5O4S. The molecule has 2 N–H and O–H groups in total. The van der Waals surface area contributed by atoms with Gasteiger partial charge in [-0.05, 0) is 29.8 Å². The Morgan fingerprint density at radius 1 is 1.09 bits per heavy atom. The first-order valence-electron chi connectivity index (χ1n) is 11.0. The average molecular weight is 484 g/mol. The Morgan fingerprint density at radius 3 is 2.53 bits per heavy atom. The normalized spacial score (nSPS) is 24.6. The first-order chi connectivity index (χ1) is 16.3. The monoisotopic (exact) mass is 483 g/mol. The highest BCUT2D eigenvalue weighted by molar-refractivity contribution is 8.00. The second-order valence-corrected chi connectivity index (χ2v) is 9.45. The summed E-state index contributed by atoms with van der Waals surface area (Å²) in [5.74, 6) is -0.0397. The van der Waals surface area contributed by atoms with Crippen molar-refractivity contribution < 1.29 is 19.1 Å². The van der Waals surface area contributed by atoms with Gasteiger partial charge in [-0.2, -0.15) is 0 Å². The lowest BCUT2D eigenvalue weighted by Crippen LogP contribution is -2.72. The number of imide groups is 1. The Hall–Kier alpha value is -3.08. The van der Waals surface area contributed by atoms with Gasteiger partial charge in [-0.15, -0.1) is 11.8 Å². The van der Waals surface area contributed by atoms with Gasteiger partial charge in [0, 0.05) is 26.8 Å². The Bertz CT molecular complexity index is 1070. The summed E-state index contributed by atoms with van der Waals surface area (Å²) in [5.41, 5.74) is 1.71. The second kappa shape index (κ2) is 10.0. The maximum atomic E-state index is 13.1. The van der Waals surface area contributed by atoms with Gasteiger partial charge in [-0.25, -0.2) is 4.79 Å². The zero-order valence-corrected chi connectivity index (χ0v) is 20.4. The molecule has 2 fully saturated rings. The fourth-order valence-corrected chi connectivity index (χ4v) is 5.49. The van der Waals surface area contributed by atoms with E-state index in [0.29, 0.717) is 5.75 Å². The van der Waals surface area contributed by atoms with E-state index in [-0.39, 0.29) is 29.8 Å². The summed E-state index contributed by atoms with van der Waals surface area (Å²) in [5, 5.41) is 6.48. The number of nitrogens with zero attached hydrogens (tertiary/aromatic N) is 3. The van der Waals surface area contributed by atoms with Crippen LogP contribution in [0.3, 0.4) is 0 Å². The van der Waals surface area contributed by atoms with Crippen LogP contribution in [0.25, 0.3) is 0 Å². The van der Waals surface area contributed by atoms with Crippen LogP contribution in [0.4, 0.5) is 10.5 Å². The maximum absolute atomic E-state index is 13.1. The van der Waals surface area contributed by atoms with Crippen molar-refractivity contribution in [1.29, 1.82) is 0 Å². The summed E-state index contributed by atoms with van der Waals surface area (Å²) < 4.78 is 5.36. The first-order valence-corrected chi connectivity index (χ1v) is 12.0. The van der Waals surface area contributed by atoms with Crippen molar-refractivity contribution in [2.45, 2.75) is 17.7 Å². The number of nitrogens with one attached hydrogen (secondary N) is 2. The van der Waals surface area contributed by atoms with Gasteiger partial charge in [0.15, 0.2) is 0 Å². The third kappa shape index (κ3) is 4.61. The molecule has 2 aliphatic heterocycles. The molecule has 4 amide bonds. The maximum Gasteiger partial charge on any atom is 0.327 e. The lowest BCUT2D eigenvalue weighted by Gasteiger charge is -2.50. The first kappa shape index (κ1) is 24.1. The van der Waals surface area contributed by atoms with Crippen LogP contribution in [0.5, 0.6) is 5.75 Å². The zero-order valence-electron chi connectivity index (χ0n) is 19.6. The van der Waals surface area contributed by atoms with Crippen molar-refractivity contribution in [3.8, 4) is 5.75 Å². The molecule has 2 aromatic carbocycles. The Balaban J connectivity index is 1.57. The predicted octanol–water partition coefficient (Wildman–Crippen LogP) is 2.07. The molecule has 180 valence electrons. The minimum Gasteiger partial charge on any atom is -0.497 e. The minimum atomic E-state index is -0.561. The number of carbonyl (C=O) groups is 3. The highest BCUT2D eigenvalue weighted by Crippen LogP contribution is 2.35. The van der Waals surface area contributed by atoms with Crippen LogP contribution in [0.15, 0.2) is 54.6 Å². The van der Waals surface area contributed by atoms with E-state index < -0.39 is 17.5 Å². The Morgan fingerprint density at radius 2 is 1.82 bits per heavy atom. The van der Waals surface area contributed by atoms with Crippen molar-refractivity contribution in [3.05, 3.63) is 60.2 Å².